The molecule has 3 aromatic rings. The molecule has 1 aliphatic heterocycles. The fourth-order valence-electron chi connectivity index (χ4n) is 4.15. The molecule has 0 bridgehead atoms. The van der Waals surface area contributed by atoms with Gasteiger partial charge in [-0.25, -0.2) is 9.78 Å². The van der Waals surface area contributed by atoms with Crippen molar-refractivity contribution in [3.05, 3.63) is 61.3 Å². The summed E-state index contributed by atoms with van der Waals surface area (Å²) < 4.78 is 6.50. The van der Waals surface area contributed by atoms with Crippen LogP contribution in [-0.4, -0.2) is 29.2 Å². The Hall–Kier alpha value is -2.22. The Morgan fingerprint density at radius 3 is 2.93 bits per heavy atom. The second kappa shape index (κ2) is 6.93. The van der Waals surface area contributed by atoms with Gasteiger partial charge in [-0.15, -0.1) is 11.3 Å². The molecule has 2 aromatic heterocycles. The minimum absolute atomic E-state index is 0.0358. The second-order valence-electron chi connectivity index (χ2n) is 7.89. The molecule has 2 aliphatic rings. The maximum Gasteiger partial charge on any atom is 0.348 e. The highest BCUT2D eigenvalue weighted by Gasteiger charge is 2.49. The number of methoxy groups -OCH3 is 1. The van der Waals surface area contributed by atoms with E-state index in [-0.39, 0.29) is 17.6 Å². The smallest absolute Gasteiger partial charge is 0.348 e. The van der Waals surface area contributed by atoms with E-state index in [1.807, 2.05) is 18.2 Å². The molecule has 29 heavy (non-hydrogen) atoms. The lowest BCUT2D eigenvalue weighted by molar-refractivity contribution is 0.0606. The number of carbonyl (C=O) groups excluding carboxylic acids is 1. The van der Waals surface area contributed by atoms with Gasteiger partial charge in [0.2, 0.25) is 0 Å². The van der Waals surface area contributed by atoms with E-state index in [1.54, 1.807) is 16.7 Å². The molecule has 1 aliphatic carbocycles. The molecule has 0 unspecified atom stereocenters. The first-order valence-corrected chi connectivity index (χ1v) is 10.8. The number of carbonyl (C=O) groups is 1. The third-order valence-corrected chi connectivity index (χ3v) is 7.32. The number of hydrogen-bond acceptors (Lipinski definition) is 6. The van der Waals surface area contributed by atoms with E-state index < -0.39 is 0 Å². The molecular formula is C21H20ClN3O3S. The predicted octanol–water partition coefficient (Wildman–Crippen LogP) is 3.76. The molecule has 0 radical (unpaired) electrons. The summed E-state index contributed by atoms with van der Waals surface area (Å²) in [4.78, 5) is 31.5. The summed E-state index contributed by atoms with van der Waals surface area (Å²) in [5.41, 5.74) is 0.841. The molecule has 2 fully saturated rings. The van der Waals surface area contributed by atoms with Crippen molar-refractivity contribution in [3.8, 4) is 0 Å². The normalized spacial score (nSPS) is 19.7. The molecule has 1 aromatic carbocycles. The summed E-state index contributed by atoms with van der Waals surface area (Å²) >= 11 is 7.67. The molecule has 1 spiro atoms. The highest BCUT2D eigenvalue weighted by molar-refractivity contribution is 7.13. The quantitative estimate of drug-likeness (QED) is 0.639. The van der Waals surface area contributed by atoms with Crippen LogP contribution in [0.3, 0.4) is 0 Å². The summed E-state index contributed by atoms with van der Waals surface area (Å²) in [5.74, 6) is 0.364. The van der Waals surface area contributed by atoms with E-state index in [9.17, 15) is 9.59 Å². The minimum atomic E-state index is -0.373. The Morgan fingerprint density at radius 1 is 1.38 bits per heavy atom. The molecule has 150 valence electrons. The van der Waals surface area contributed by atoms with Crippen LogP contribution in [0.25, 0.3) is 10.9 Å². The fourth-order valence-corrected chi connectivity index (χ4v) is 5.31. The third-order valence-electron chi connectivity index (χ3n) is 5.95. The summed E-state index contributed by atoms with van der Waals surface area (Å²) in [6.45, 7) is 1.31. The number of benzene rings is 1. The van der Waals surface area contributed by atoms with Crippen molar-refractivity contribution < 1.29 is 9.53 Å². The van der Waals surface area contributed by atoms with Gasteiger partial charge in [0.1, 0.15) is 10.7 Å². The van der Waals surface area contributed by atoms with Crippen LogP contribution >= 0.6 is 22.9 Å². The predicted molar refractivity (Wildman–Crippen MR) is 113 cm³/mol. The summed E-state index contributed by atoms with van der Waals surface area (Å²) in [7, 11) is 1.36. The highest BCUT2D eigenvalue weighted by atomic mass is 35.5. The van der Waals surface area contributed by atoms with E-state index >= 15 is 0 Å². The van der Waals surface area contributed by atoms with Gasteiger partial charge in [0, 0.05) is 11.4 Å². The first-order valence-electron chi connectivity index (χ1n) is 9.59. The van der Waals surface area contributed by atoms with Crippen molar-refractivity contribution in [2.75, 3.05) is 13.7 Å². The Bertz CT molecular complexity index is 1180. The average Bonchev–Trinajstić information content (AvgIpc) is 3.11. The van der Waals surface area contributed by atoms with E-state index in [4.69, 9.17) is 21.3 Å². The Kier molecular flexibility index (Phi) is 4.49. The molecule has 1 atom stereocenters. The number of aromatic nitrogens is 2. The number of fused-ring (bicyclic) bond motifs is 1. The maximum absolute atomic E-state index is 13.4. The lowest BCUT2D eigenvalue weighted by Gasteiger charge is -2.18. The van der Waals surface area contributed by atoms with Crippen LogP contribution in [0.4, 0.5) is 0 Å². The van der Waals surface area contributed by atoms with E-state index in [0.29, 0.717) is 32.8 Å². The highest BCUT2D eigenvalue weighted by Crippen LogP contribution is 2.54. The lowest BCUT2D eigenvalue weighted by Crippen LogP contribution is -2.30. The number of esters is 1. The number of nitrogens with one attached hydrogen (secondary N) is 1. The number of thiophene rings is 1. The zero-order valence-corrected chi connectivity index (χ0v) is 17.5. The number of halogens is 1. The van der Waals surface area contributed by atoms with E-state index in [0.717, 1.165) is 23.7 Å². The van der Waals surface area contributed by atoms with Gasteiger partial charge >= 0.3 is 5.97 Å². The van der Waals surface area contributed by atoms with Crippen LogP contribution in [-0.2, 0) is 11.3 Å². The first-order chi connectivity index (χ1) is 14.0. The van der Waals surface area contributed by atoms with Crippen LogP contribution in [0, 0.1) is 5.41 Å². The zero-order chi connectivity index (χ0) is 20.2. The molecule has 1 saturated carbocycles. The van der Waals surface area contributed by atoms with Gasteiger partial charge in [-0.3, -0.25) is 9.36 Å². The maximum atomic E-state index is 13.4. The van der Waals surface area contributed by atoms with Crippen molar-refractivity contribution >= 4 is 39.8 Å². The Labute approximate surface area is 176 Å². The molecule has 1 N–H and O–H groups in total. The van der Waals surface area contributed by atoms with Gasteiger partial charge in [-0.05, 0) is 48.9 Å². The van der Waals surface area contributed by atoms with Crippen LogP contribution in [0.5, 0.6) is 0 Å². The summed E-state index contributed by atoms with van der Waals surface area (Å²) in [6, 6.07) is 8.98. The van der Waals surface area contributed by atoms with Crippen molar-refractivity contribution in [3.63, 3.8) is 0 Å². The molecule has 8 heteroatoms. The largest absolute Gasteiger partial charge is 0.465 e. The number of rotatable bonds is 4. The van der Waals surface area contributed by atoms with Gasteiger partial charge in [-0.1, -0.05) is 17.7 Å². The molecule has 0 amide bonds. The van der Waals surface area contributed by atoms with Gasteiger partial charge in [-0.2, -0.15) is 0 Å². The van der Waals surface area contributed by atoms with Crippen LogP contribution in [0.2, 0.25) is 5.02 Å². The molecule has 3 heterocycles. The molecule has 5 rings (SSSR count). The topological polar surface area (TPSA) is 73.2 Å². The van der Waals surface area contributed by atoms with Crippen LogP contribution in [0.15, 0.2) is 35.1 Å². The monoisotopic (exact) mass is 429 g/mol. The van der Waals surface area contributed by atoms with E-state index in [2.05, 4.69) is 5.32 Å². The van der Waals surface area contributed by atoms with Crippen molar-refractivity contribution in [2.24, 2.45) is 5.41 Å². The average molecular weight is 430 g/mol. The van der Waals surface area contributed by atoms with E-state index in [1.165, 1.54) is 31.3 Å². The summed E-state index contributed by atoms with van der Waals surface area (Å²) in [6.07, 6.45) is 3.45. The van der Waals surface area contributed by atoms with Gasteiger partial charge in [0.05, 0.1) is 35.6 Å². The van der Waals surface area contributed by atoms with Crippen molar-refractivity contribution in [1.29, 1.82) is 0 Å². The molecule has 6 nitrogen and oxygen atoms in total. The van der Waals surface area contributed by atoms with Crippen LogP contribution < -0.4 is 10.9 Å². The zero-order valence-electron chi connectivity index (χ0n) is 15.9. The van der Waals surface area contributed by atoms with Gasteiger partial charge in [0.15, 0.2) is 0 Å². The fraction of sp³-hybridized carbons (Fsp3) is 0.381. The van der Waals surface area contributed by atoms with Crippen molar-refractivity contribution in [1.82, 2.24) is 14.9 Å². The number of ether oxygens (including phenoxy) is 1. The first kappa shape index (κ1) is 18.8. The van der Waals surface area contributed by atoms with Crippen molar-refractivity contribution in [2.45, 2.75) is 31.8 Å². The second-order valence-corrected chi connectivity index (χ2v) is 9.47. The van der Waals surface area contributed by atoms with Gasteiger partial charge in [0.25, 0.3) is 5.56 Å². The molecule has 1 saturated heterocycles. The SMILES string of the molecule is COC(=O)c1ccc(Cn2c([C@@H]3CC4(CC4)CN3)nc3cccc(Cl)c3c2=O)s1. The van der Waals surface area contributed by atoms with Gasteiger partial charge < -0.3 is 10.1 Å². The summed E-state index contributed by atoms with van der Waals surface area (Å²) in [5, 5.41) is 4.40. The minimum Gasteiger partial charge on any atom is -0.465 e. The number of hydrogen-bond donors (Lipinski definition) is 1. The third kappa shape index (κ3) is 3.27. The Balaban J connectivity index is 1.61. The standard InChI is InChI=1S/C21H20ClN3O3S/c1-28-20(27)16-6-5-12(29-16)10-25-18(15-9-21(7-8-21)11-23-15)24-14-4-2-3-13(22)17(14)19(25)26/h2-6,15,23H,7-11H2,1H3/t15-/m0/s1. The Morgan fingerprint density at radius 2 is 2.21 bits per heavy atom. The molecular weight excluding hydrogens is 410 g/mol. The van der Waals surface area contributed by atoms with Crippen LogP contribution in [0.1, 0.15) is 45.7 Å². The number of nitrogens with zero attached hydrogens (tertiary/aromatic N) is 2. The lowest BCUT2D eigenvalue weighted by atomic mass is 10.0.